The van der Waals surface area contributed by atoms with Crippen LogP contribution in [0, 0.1) is 0 Å². The van der Waals surface area contributed by atoms with Gasteiger partial charge in [-0.05, 0) is 37.6 Å². The van der Waals surface area contributed by atoms with Crippen LogP contribution in [0.1, 0.15) is 25.8 Å². The molecule has 6 nitrogen and oxygen atoms in total. The van der Waals surface area contributed by atoms with Crippen molar-refractivity contribution in [3.63, 3.8) is 0 Å². The molecule has 1 aliphatic heterocycles. The van der Waals surface area contributed by atoms with E-state index in [1.54, 1.807) is 24.3 Å². The van der Waals surface area contributed by atoms with E-state index in [1.807, 2.05) is 13.8 Å². The summed E-state index contributed by atoms with van der Waals surface area (Å²) < 4.78 is 0. The van der Waals surface area contributed by atoms with E-state index in [4.69, 9.17) is 23.2 Å². The molecule has 0 fully saturated rings. The molecule has 142 valence electrons. The molecule has 3 rings (SSSR count). The number of nitrogens with zero attached hydrogens (tertiary/aromatic N) is 1. The van der Waals surface area contributed by atoms with Crippen LogP contribution in [-0.4, -0.2) is 23.1 Å². The fraction of sp³-hybridized carbons (Fsp3) is 0.263. The number of carbonyl (C=O) groups excluding carboxylic acids is 2. The molecule has 0 aliphatic carbocycles. The number of urea groups is 1. The van der Waals surface area contributed by atoms with Gasteiger partial charge in [-0.15, -0.1) is 0 Å². The van der Waals surface area contributed by atoms with Crippen molar-refractivity contribution in [3.05, 3.63) is 58.1 Å². The Bertz CT molecular complexity index is 906. The number of amides is 3. The Balaban J connectivity index is 2.18. The van der Waals surface area contributed by atoms with E-state index in [-0.39, 0.29) is 22.3 Å². The van der Waals surface area contributed by atoms with Crippen molar-refractivity contribution in [1.82, 2.24) is 5.32 Å². The topological polar surface area (TPSA) is 81.7 Å². The second-order valence-corrected chi connectivity index (χ2v) is 7.18. The second-order valence-electron chi connectivity index (χ2n) is 6.36. The molecular weight excluding hydrogens is 389 g/mol. The Morgan fingerprint density at radius 1 is 1.26 bits per heavy atom. The van der Waals surface area contributed by atoms with Crippen molar-refractivity contribution >= 4 is 46.5 Å². The van der Waals surface area contributed by atoms with E-state index in [0.717, 1.165) is 4.90 Å². The monoisotopic (exact) mass is 407 g/mol. The van der Waals surface area contributed by atoms with Gasteiger partial charge < -0.3 is 15.7 Å². The lowest BCUT2D eigenvalue weighted by atomic mass is 9.94. The summed E-state index contributed by atoms with van der Waals surface area (Å²) in [7, 11) is 0. The standard InChI is InChI=1S/C19H19Cl2N3O3/c1-3-11(2)22-17(25)19(27)13-6-4-5-7-16(13)23-18(26)24(19)12-8-9-14(20)15(21)10-12/h4-11,27H,3H2,1-2H3,(H,22,25)(H,23,26)/t11-,19-/m1/s1. The zero-order chi connectivity index (χ0) is 19.8. The van der Waals surface area contributed by atoms with Crippen LogP contribution in [0.4, 0.5) is 16.2 Å². The Labute approximate surface area is 167 Å². The second kappa shape index (κ2) is 7.38. The van der Waals surface area contributed by atoms with Crippen molar-refractivity contribution in [2.45, 2.75) is 32.0 Å². The summed E-state index contributed by atoms with van der Waals surface area (Å²) in [5, 5.41) is 17.5. The van der Waals surface area contributed by atoms with Crippen molar-refractivity contribution in [2.24, 2.45) is 0 Å². The predicted molar refractivity (Wildman–Crippen MR) is 106 cm³/mol. The van der Waals surface area contributed by atoms with Gasteiger partial charge in [-0.2, -0.15) is 0 Å². The molecule has 1 heterocycles. The molecule has 2 atom stereocenters. The Kier molecular flexibility index (Phi) is 5.33. The first-order valence-corrected chi connectivity index (χ1v) is 9.23. The minimum absolute atomic E-state index is 0.186. The average Bonchev–Trinajstić information content (AvgIpc) is 2.64. The number of aliphatic hydroxyl groups is 1. The summed E-state index contributed by atoms with van der Waals surface area (Å²) in [5.41, 5.74) is -1.39. The van der Waals surface area contributed by atoms with Gasteiger partial charge in [0.05, 0.1) is 21.4 Å². The van der Waals surface area contributed by atoms with Gasteiger partial charge in [0.2, 0.25) is 0 Å². The Morgan fingerprint density at radius 3 is 2.63 bits per heavy atom. The van der Waals surface area contributed by atoms with Crippen molar-refractivity contribution in [2.75, 3.05) is 10.2 Å². The first kappa shape index (κ1) is 19.5. The first-order valence-electron chi connectivity index (χ1n) is 8.48. The maximum absolute atomic E-state index is 13.1. The van der Waals surface area contributed by atoms with E-state index >= 15 is 0 Å². The normalized spacial score (nSPS) is 19.9. The number of anilines is 2. The fourth-order valence-corrected chi connectivity index (χ4v) is 3.21. The number of para-hydroxylation sites is 1. The van der Waals surface area contributed by atoms with Crippen LogP contribution in [0.25, 0.3) is 0 Å². The van der Waals surface area contributed by atoms with Gasteiger partial charge in [-0.1, -0.05) is 48.3 Å². The maximum atomic E-state index is 13.1. The van der Waals surface area contributed by atoms with Gasteiger partial charge in [0, 0.05) is 11.6 Å². The molecule has 27 heavy (non-hydrogen) atoms. The third-order valence-corrected chi connectivity index (χ3v) is 5.28. The lowest BCUT2D eigenvalue weighted by Gasteiger charge is -2.43. The number of hydrogen-bond donors (Lipinski definition) is 3. The highest BCUT2D eigenvalue weighted by Gasteiger charge is 2.52. The number of fused-ring (bicyclic) bond motifs is 1. The molecule has 0 radical (unpaired) electrons. The largest absolute Gasteiger partial charge is 0.359 e. The third kappa shape index (κ3) is 3.36. The molecule has 1 aliphatic rings. The highest BCUT2D eigenvalue weighted by molar-refractivity contribution is 6.42. The van der Waals surface area contributed by atoms with Crippen LogP contribution in [0.2, 0.25) is 10.0 Å². The van der Waals surface area contributed by atoms with Crippen LogP contribution in [0.3, 0.4) is 0 Å². The summed E-state index contributed by atoms with van der Waals surface area (Å²) >= 11 is 12.1. The zero-order valence-corrected chi connectivity index (χ0v) is 16.3. The number of nitrogens with one attached hydrogen (secondary N) is 2. The van der Waals surface area contributed by atoms with E-state index in [0.29, 0.717) is 17.1 Å². The highest BCUT2D eigenvalue weighted by atomic mass is 35.5. The third-order valence-electron chi connectivity index (χ3n) is 4.54. The van der Waals surface area contributed by atoms with Crippen LogP contribution in [0.15, 0.2) is 42.5 Å². The van der Waals surface area contributed by atoms with E-state index < -0.39 is 17.7 Å². The number of hydrogen-bond acceptors (Lipinski definition) is 3. The molecule has 0 aromatic heterocycles. The summed E-state index contributed by atoms with van der Waals surface area (Å²) in [5.74, 6) is -0.703. The van der Waals surface area contributed by atoms with Crippen molar-refractivity contribution in [3.8, 4) is 0 Å². The quantitative estimate of drug-likeness (QED) is 0.713. The van der Waals surface area contributed by atoms with E-state index in [9.17, 15) is 14.7 Å². The molecule has 0 saturated heterocycles. The lowest BCUT2D eigenvalue weighted by Crippen LogP contribution is -2.63. The first-order chi connectivity index (χ1) is 12.8. The molecule has 0 saturated carbocycles. The highest BCUT2D eigenvalue weighted by Crippen LogP contribution is 2.41. The van der Waals surface area contributed by atoms with Crippen LogP contribution < -0.4 is 15.5 Å². The zero-order valence-electron chi connectivity index (χ0n) is 14.8. The molecule has 3 amide bonds. The summed E-state index contributed by atoms with van der Waals surface area (Å²) in [6.45, 7) is 3.73. The SMILES string of the molecule is CC[C@@H](C)NC(=O)[C@]1(O)c2ccccc2NC(=O)N1c1ccc(Cl)c(Cl)c1. The number of benzene rings is 2. The molecule has 2 aromatic carbocycles. The number of halogens is 2. The van der Waals surface area contributed by atoms with Gasteiger partial charge in [0.25, 0.3) is 11.6 Å². The van der Waals surface area contributed by atoms with E-state index in [1.165, 1.54) is 18.2 Å². The van der Waals surface area contributed by atoms with Crippen LogP contribution in [-0.2, 0) is 10.5 Å². The lowest BCUT2D eigenvalue weighted by molar-refractivity contribution is -0.140. The summed E-state index contributed by atoms with van der Waals surface area (Å²) in [4.78, 5) is 26.9. The van der Waals surface area contributed by atoms with Gasteiger partial charge in [-0.3, -0.25) is 9.69 Å². The predicted octanol–water partition coefficient (Wildman–Crippen LogP) is 4.11. The summed E-state index contributed by atoms with van der Waals surface area (Å²) in [6.07, 6.45) is 0.669. The molecule has 0 bridgehead atoms. The number of carbonyl (C=O) groups is 2. The molecule has 0 spiro atoms. The fourth-order valence-electron chi connectivity index (χ4n) is 2.91. The molecule has 2 aromatic rings. The van der Waals surface area contributed by atoms with Gasteiger partial charge in [-0.25, -0.2) is 4.79 Å². The van der Waals surface area contributed by atoms with E-state index in [2.05, 4.69) is 10.6 Å². The minimum atomic E-state index is -2.25. The van der Waals surface area contributed by atoms with Gasteiger partial charge in [0.15, 0.2) is 0 Å². The molecule has 0 unspecified atom stereocenters. The molecule has 3 N–H and O–H groups in total. The average molecular weight is 408 g/mol. The van der Waals surface area contributed by atoms with Gasteiger partial charge in [0.1, 0.15) is 0 Å². The van der Waals surface area contributed by atoms with Gasteiger partial charge >= 0.3 is 6.03 Å². The number of rotatable bonds is 4. The summed E-state index contributed by atoms with van der Waals surface area (Å²) in [6, 6.07) is 10.2. The molecular formula is C19H19Cl2N3O3. The Morgan fingerprint density at radius 2 is 1.96 bits per heavy atom. The van der Waals surface area contributed by atoms with Crippen molar-refractivity contribution in [1.29, 1.82) is 0 Å². The van der Waals surface area contributed by atoms with Crippen LogP contribution >= 0.6 is 23.2 Å². The van der Waals surface area contributed by atoms with Crippen molar-refractivity contribution < 1.29 is 14.7 Å². The smallest absolute Gasteiger partial charge is 0.329 e. The van der Waals surface area contributed by atoms with Crippen LogP contribution in [0.5, 0.6) is 0 Å². The minimum Gasteiger partial charge on any atom is -0.359 e. The Hall–Kier alpha value is -2.28. The maximum Gasteiger partial charge on any atom is 0.329 e. The molecule has 8 heteroatoms.